The van der Waals surface area contributed by atoms with E-state index in [9.17, 15) is 0 Å². The summed E-state index contributed by atoms with van der Waals surface area (Å²) in [4.78, 5) is 0. The molecule has 0 aliphatic rings. The van der Waals surface area contributed by atoms with Crippen molar-refractivity contribution < 1.29 is 0 Å². The smallest absolute Gasteiger partial charge is 0.163 e. The lowest BCUT2D eigenvalue weighted by molar-refractivity contribution is 0.527. The van der Waals surface area contributed by atoms with Crippen LogP contribution < -0.4 is 11.1 Å². The average Bonchev–Trinajstić information content (AvgIpc) is 2.53. The summed E-state index contributed by atoms with van der Waals surface area (Å²) in [6.45, 7) is 3.23. The average molecular weight is 343 g/mol. The molecule has 3 N–H and O–H groups in total. The number of hydrogen-bond donors (Lipinski definition) is 2. The van der Waals surface area contributed by atoms with Gasteiger partial charge < -0.3 is 11.1 Å². The Morgan fingerprint density at radius 3 is 1.22 bits per heavy atom. The minimum atomic E-state index is 0.432. The maximum atomic E-state index is 5.38. The first-order valence-electron chi connectivity index (χ1n) is 10.3. The summed E-state index contributed by atoms with van der Waals surface area (Å²) in [5, 5.41) is 3.44. The van der Waals surface area contributed by atoms with Gasteiger partial charge in [0.05, 0.1) is 0 Å². The van der Waals surface area contributed by atoms with Gasteiger partial charge in [0.15, 0.2) is 5.11 Å². The van der Waals surface area contributed by atoms with E-state index in [1.54, 1.807) is 0 Å². The van der Waals surface area contributed by atoms with Crippen molar-refractivity contribution in [2.75, 3.05) is 6.54 Å². The molecule has 3 heteroatoms. The van der Waals surface area contributed by atoms with Gasteiger partial charge in [-0.05, 0) is 18.6 Å². The lowest BCUT2D eigenvalue weighted by Gasteiger charge is -2.04. The summed E-state index contributed by atoms with van der Waals surface area (Å²) >= 11 is 4.78. The Balaban J connectivity index is 2.96. The first-order chi connectivity index (χ1) is 11.3. The van der Waals surface area contributed by atoms with Crippen molar-refractivity contribution in [3.8, 4) is 0 Å². The summed E-state index contributed by atoms with van der Waals surface area (Å²) < 4.78 is 0. The van der Waals surface area contributed by atoms with Crippen molar-refractivity contribution in [3.63, 3.8) is 0 Å². The number of nitrogens with two attached hydrogens (primary N) is 1. The summed E-state index contributed by atoms with van der Waals surface area (Å²) in [6.07, 6.45) is 24.0. The van der Waals surface area contributed by atoms with E-state index in [2.05, 4.69) is 12.2 Å². The van der Waals surface area contributed by atoms with Crippen LogP contribution in [0.15, 0.2) is 0 Å². The third kappa shape index (κ3) is 21.7. The number of thiocarbonyl (C=S) groups is 1. The molecule has 0 amide bonds. The molecule has 0 saturated carbocycles. The van der Waals surface area contributed by atoms with E-state index < -0.39 is 0 Å². The number of hydrogen-bond acceptors (Lipinski definition) is 1. The fourth-order valence-electron chi connectivity index (χ4n) is 3.06. The van der Waals surface area contributed by atoms with E-state index in [-0.39, 0.29) is 0 Å². The molecule has 0 radical (unpaired) electrons. The Morgan fingerprint density at radius 1 is 0.609 bits per heavy atom. The minimum absolute atomic E-state index is 0.432. The largest absolute Gasteiger partial charge is 0.376 e. The molecule has 0 aliphatic heterocycles. The van der Waals surface area contributed by atoms with E-state index in [0.29, 0.717) is 5.11 Å². The second-order valence-corrected chi connectivity index (χ2v) is 7.39. The summed E-state index contributed by atoms with van der Waals surface area (Å²) in [5.41, 5.74) is 5.38. The Kier molecular flexibility index (Phi) is 19.5. The lowest BCUT2D eigenvalue weighted by atomic mass is 10.0. The third-order valence-electron chi connectivity index (χ3n) is 4.58. The Hall–Kier alpha value is -0.310. The zero-order valence-corrected chi connectivity index (χ0v) is 16.5. The van der Waals surface area contributed by atoms with Crippen LogP contribution in [0.1, 0.15) is 116 Å². The molecule has 0 aliphatic carbocycles. The highest BCUT2D eigenvalue weighted by molar-refractivity contribution is 7.80. The SMILES string of the molecule is CCCCCCCCCCCCCCCCCCCNC(N)=S. The Bertz CT molecular complexity index is 244. The first kappa shape index (κ1) is 22.7. The zero-order valence-electron chi connectivity index (χ0n) is 15.7. The Labute approximate surface area is 151 Å². The fourth-order valence-corrected chi connectivity index (χ4v) is 3.16. The van der Waals surface area contributed by atoms with E-state index in [1.165, 1.54) is 109 Å². The predicted molar refractivity (Wildman–Crippen MR) is 109 cm³/mol. The summed E-state index contributed by atoms with van der Waals surface area (Å²) in [7, 11) is 0. The van der Waals surface area contributed by atoms with Gasteiger partial charge in [0, 0.05) is 6.54 Å². The van der Waals surface area contributed by atoms with Gasteiger partial charge in [-0.3, -0.25) is 0 Å². The molecule has 0 bridgehead atoms. The maximum Gasteiger partial charge on any atom is 0.163 e. The van der Waals surface area contributed by atoms with Gasteiger partial charge >= 0.3 is 0 Å². The Morgan fingerprint density at radius 2 is 0.913 bits per heavy atom. The number of rotatable bonds is 18. The maximum absolute atomic E-state index is 5.38. The van der Waals surface area contributed by atoms with Crippen molar-refractivity contribution in [1.82, 2.24) is 5.32 Å². The summed E-state index contributed by atoms with van der Waals surface area (Å²) in [5.74, 6) is 0. The van der Waals surface area contributed by atoms with Gasteiger partial charge in [0.2, 0.25) is 0 Å². The quantitative estimate of drug-likeness (QED) is 0.221. The molecular weight excluding hydrogens is 300 g/mol. The number of unbranched alkanes of at least 4 members (excludes halogenated alkanes) is 16. The van der Waals surface area contributed by atoms with Crippen molar-refractivity contribution in [3.05, 3.63) is 0 Å². The molecule has 23 heavy (non-hydrogen) atoms. The highest BCUT2D eigenvalue weighted by Gasteiger charge is 1.95. The van der Waals surface area contributed by atoms with Crippen molar-refractivity contribution >= 4 is 17.3 Å². The lowest BCUT2D eigenvalue weighted by Crippen LogP contribution is -2.29. The fraction of sp³-hybridized carbons (Fsp3) is 0.950. The van der Waals surface area contributed by atoms with Gasteiger partial charge in [-0.25, -0.2) is 0 Å². The molecule has 0 rings (SSSR count). The summed E-state index contributed by atoms with van der Waals surface area (Å²) in [6, 6.07) is 0. The highest BCUT2D eigenvalue weighted by Crippen LogP contribution is 2.13. The molecule has 0 aromatic rings. The zero-order chi connectivity index (χ0) is 17.0. The molecule has 0 fully saturated rings. The molecule has 0 spiro atoms. The van der Waals surface area contributed by atoms with Gasteiger partial charge in [-0.1, -0.05) is 110 Å². The molecule has 0 heterocycles. The molecule has 0 atom stereocenters. The molecule has 0 saturated heterocycles. The first-order valence-corrected chi connectivity index (χ1v) is 10.7. The van der Waals surface area contributed by atoms with Crippen molar-refractivity contribution in [2.45, 2.75) is 116 Å². The monoisotopic (exact) mass is 342 g/mol. The molecule has 0 unspecified atom stereocenters. The molecule has 2 nitrogen and oxygen atoms in total. The van der Waals surface area contributed by atoms with Crippen LogP contribution >= 0.6 is 12.2 Å². The van der Waals surface area contributed by atoms with Gasteiger partial charge in [0.1, 0.15) is 0 Å². The van der Waals surface area contributed by atoms with E-state index in [4.69, 9.17) is 18.0 Å². The second kappa shape index (κ2) is 19.7. The molecule has 0 aromatic heterocycles. The second-order valence-electron chi connectivity index (χ2n) is 6.95. The van der Waals surface area contributed by atoms with Gasteiger partial charge in [0.25, 0.3) is 0 Å². The van der Waals surface area contributed by atoms with Gasteiger partial charge in [-0.15, -0.1) is 0 Å². The molecular formula is C20H42N2S. The van der Waals surface area contributed by atoms with Crippen LogP contribution in [-0.2, 0) is 0 Å². The van der Waals surface area contributed by atoms with Crippen molar-refractivity contribution in [1.29, 1.82) is 0 Å². The standard InChI is InChI=1S/C20H42N2S/c1-2-3-4-5-6-7-8-9-10-11-12-13-14-15-16-17-18-19-22-20(21)23/h2-19H2,1H3,(H3,21,22,23). The van der Waals surface area contributed by atoms with Crippen LogP contribution in [0.4, 0.5) is 0 Å². The molecule has 138 valence electrons. The minimum Gasteiger partial charge on any atom is -0.376 e. The van der Waals surface area contributed by atoms with Crippen LogP contribution in [0, 0.1) is 0 Å². The highest BCUT2D eigenvalue weighted by atomic mass is 32.1. The van der Waals surface area contributed by atoms with E-state index in [1.807, 2.05) is 0 Å². The van der Waals surface area contributed by atoms with Gasteiger partial charge in [-0.2, -0.15) is 0 Å². The normalized spacial score (nSPS) is 10.8. The van der Waals surface area contributed by atoms with Crippen LogP contribution in [0.3, 0.4) is 0 Å². The van der Waals surface area contributed by atoms with Crippen LogP contribution in [0.2, 0.25) is 0 Å². The third-order valence-corrected chi connectivity index (χ3v) is 4.72. The van der Waals surface area contributed by atoms with Crippen molar-refractivity contribution in [2.24, 2.45) is 5.73 Å². The van der Waals surface area contributed by atoms with E-state index >= 15 is 0 Å². The van der Waals surface area contributed by atoms with E-state index in [0.717, 1.165) is 6.54 Å². The van der Waals surface area contributed by atoms with Crippen LogP contribution in [-0.4, -0.2) is 11.7 Å². The topological polar surface area (TPSA) is 38.0 Å². The predicted octanol–water partition coefficient (Wildman–Crippen LogP) is 6.47. The molecule has 0 aromatic carbocycles. The van der Waals surface area contributed by atoms with Crippen LogP contribution in [0.25, 0.3) is 0 Å². The van der Waals surface area contributed by atoms with Crippen LogP contribution in [0.5, 0.6) is 0 Å². The number of nitrogens with one attached hydrogen (secondary N) is 1.